The van der Waals surface area contributed by atoms with Crippen molar-refractivity contribution >= 4 is 25.2 Å². The van der Waals surface area contributed by atoms with Crippen molar-refractivity contribution in [1.29, 1.82) is 0 Å². The molecule has 0 radical (unpaired) electrons. The molecule has 1 unspecified atom stereocenters. The minimum absolute atomic E-state index is 0.320. The third kappa shape index (κ3) is 5.13. The van der Waals surface area contributed by atoms with E-state index in [1.54, 1.807) is 59.7 Å². The Labute approximate surface area is 177 Å². The number of ether oxygens (including phenoxy) is 1. The van der Waals surface area contributed by atoms with Crippen LogP contribution in [0.5, 0.6) is 0 Å². The number of hydrogen-bond donors (Lipinski definition) is 1. The van der Waals surface area contributed by atoms with Crippen LogP contribution in [-0.2, 0) is 23.1 Å². The van der Waals surface area contributed by atoms with E-state index in [9.17, 15) is 9.36 Å². The average Bonchev–Trinajstić information content (AvgIpc) is 2.59. The number of benzene rings is 1. The van der Waals surface area contributed by atoms with Crippen LogP contribution in [0.2, 0.25) is 5.02 Å². The second kappa shape index (κ2) is 9.48. The first-order valence-electron chi connectivity index (χ1n) is 9.50. The van der Waals surface area contributed by atoms with Crippen molar-refractivity contribution in [2.75, 3.05) is 7.11 Å². The van der Waals surface area contributed by atoms with E-state index in [1.165, 1.54) is 7.11 Å². The van der Waals surface area contributed by atoms with Crippen molar-refractivity contribution in [2.24, 2.45) is 0 Å². The minimum Gasteiger partial charge on any atom is -0.466 e. The van der Waals surface area contributed by atoms with Gasteiger partial charge in [0.2, 0.25) is 0 Å². The molecule has 0 saturated carbocycles. The Kier molecular flexibility index (Phi) is 7.74. The van der Waals surface area contributed by atoms with Gasteiger partial charge in [-0.2, -0.15) is 0 Å². The summed E-state index contributed by atoms with van der Waals surface area (Å²) in [5, 5.41) is 3.95. The zero-order chi connectivity index (χ0) is 21.9. The highest BCUT2D eigenvalue weighted by molar-refractivity contribution is 7.58. The predicted molar refractivity (Wildman–Crippen MR) is 115 cm³/mol. The van der Waals surface area contributed by atoms with Crippen molar-refractivity contribution in [2.45, 2.75) is 59.7 Å². The van der Waals surface area contributed by atoms with Gasteiger partial charge in [-0.1, -0.05) is 29.8 Å². The lowest BCUT2D eigenvalue weighted by Crippen LogP contribution is -2.30. The molecule has 160 valence electrons. The molecule has 1 atom stereocenters. The number of allylic oxidation sites excluding steroid dienone is 3. The maximum atomic E-state index is 14.1. The molecule has 0 aliphatic carbocycles. The number of esters is 1. The van der Waals surface area contributed by atoms with E-state index in [0.717, 1.165) is 0 Å². The van der Waals surface area contributed by atoms with Crippen LogP contribution in [0.4, 0.5) is 0 Å². The lowest BCUT2D eigenvalue weighted by molar-refractivity contribution is -0.136. The molecule has 1 aromatic carbocycles. The van der Waals surface area contributed by atoms with E-state index >= 15 is 0 Å². The molecular formula is C21H29ClNO5P. The van der Waals surface area contributed by atoms with Gasteiger partial charge in [0, 0.05) is 16.4 Å². The Hall–Kier alpha value is -1.59. The molecule has 0 fully saturated rings. The van der Waals surface area contributed by atoms with Crippen molar-refractivity contribution < 1.29 is 23.1 Å². The molecule has 1 heterocycles. The Bertz CT molecular complexity index is 877. The summed E-state index contributed by atoms with van der Waals surface area (Å²) in [6, 6.07) is 7.15. The first kappa shape index (κ1) is 23.7. The highest BCUT2D eigenvalue weighted by Crippen LogP contribution is 2.65. The summed E-state index contributed by atoms with van der Waals surface area (Å²) in [5.74, 6) is -1.27. The average molecular weight is 442 g/mol. The molecule has 6 nitrogen and oxygen atoms in total. The number of nitrogens with one attached hydrogen (secondary N) is 1. The number of hydrogen-bond acceptors (Lipinski definition) is 6. The molecule has 2 rings (SSSR count). The second-order valence-corrected chi connectivity index (χ2v) is 9.73. The molecule has 1 aliphatic rings. The third-order valence-electron chi connectivity index (χ3n) is 4.34. The molecular weight excluding hydrogens is 413 g/mol. The maximum absolute atomic E-state index is 14.1. The summed E-state index contributed by atoms with van der Waals surface area (Å²) >= 11 is 6.50. The smallest absolute Gasteiger partial charge is 0.360 e. The van der Waals surface area contributed by atoms with E-state index in [0.29, 0.717) is 32.9 Å². The highest BCUT2D eigenvalue weighted by Gasteiger charge is 2.46. The van der Waals surface area contributed by atoms with Gasteiger partial charge in [0.1, 0.15) is 0 Å². The monoisotopic (exact) mass is 441 g/mol. The largest absolute Gasteiger partial charge is 0.466 e. The fourth-order valence-electron chi connectivity index (χ4n) is 3.43. The molecule has 29 heavy (non-hydrogen) atoms. The molecule has 8 heteroatoms. The first-order valence-corrected chi connectivity index (χ1v) is 11.4. The zero-order valence-electron chi connectivity index (χ0n) is 17.9. The fraction of sp³-hybridized carbons (Fsp3) is 0.476. The fourth-order valence-corrected chi connectivity index (χ4v) is 6.12. The molecule has 1 N–H and O–H groups in total. The molecule has 0 bridgehead atoms. The minimum atomic E-state index is -3.80. The normalized spacial score (nSPS) is 17.8. The summed E-state index contributed by atoms with van der Waals surface area (Å²) < 4.78 is 30.9. The third-order valence-corrected chi connectivity index (χ3v) is 7.27. The van der Waals surface area contributed by atoms with Crippen molar-refractivity contribution in [3.63, 3.8) is 0 Å². The van der Waals surface area contributed by atoms with Gasteiger partial charge in [-0.25, -0.2) is 4.79 Å². The van der Waals surface area contributed by atoms with Crippen LogP contribution in [0.25, 0.3) is 0 Å². The summed E-state index contributed by atoms with van der Waals surface area (Å²) in [7, 11) is -2.49. The van der Waals surface area contributed by atoms with Crippen molar-refractivity contribution in [3.05, 3.63) is 57.1 Å². The van der Waals surface area contributed by atoms with Crippen LogP contribution in [0.3, 0.4) is 0 Å². The lowest BCUT2D eigenvalue weighted by atomic mass is 9.86. The quantitative estimate of drug-likeness (QED) is 0.429. The Balaban J connectivity index is 2.82. The Morgan fingerprint density at radius 1 is 1.07 bits per heavy atom. The van der Waals surface area contributed by atoms with Gasteiger partial charge in [-0.3, -0.25) is 4.57 Å². The van der Waals surface area contributed by atoms with Crippen molar-refractivity contribution in [3.8, 4) is 0 Å². The van der Waals surface area contributed by atoms with Gasteiger partial charge in [-0.15, -0.1) is 0 Å². The van der Waals surface area contributed by atoms with Crippen LogP contribution < -0.4 is 5.32 Å². The maximum Gasteiger partial charge on any atom is 0.360 e. The zero-order valence-corrected chi connectivity index (χ0v) is 19.6. The summed E-state index contributed by atoms with van der Waals surface area (Å²) in [6.45, 7) is 10.7. The number of rotatable bonds is 7. The lowest BCUT2D eigenvalue weighted by Gasteiger charge is -2.36. The Morgan fingerprint density at radius 2 is 1.62 bits per heavy atom. The molecule has 0 saturated heterocycles. The summed E-state index contributed by atoms with van der Waals surface area (Å²) in [6.07, 6.45) is -0.722. The second-order valence-electron chi connectivity index (χ2n) is 7.43. The number of dihydropyridines is 1. The number of carbonyl (C=O) groups excluding carboxylic acids is 1. The molecule has 1 aromatic rings. The number of carbonyl (C=O) groups is 1. The molecule has 0 spiro atoms. The van der Waals surface area contributed by atoms with Crippen LogP contribution >= 0.6 is 19.2 Å². The topological polar surface area (TPSA) is 73.9 Å². The van der Waals surface area contributed by atoms with E-state index < -0.39 is 19.5 Å². The van der Waals surface area contributed by atoms with Gasteiger partial charge in [0.25, 0.3) is 0 Å². The highest BCUT2D eigenvalue weighted by atomic mass is 35.5. The first-order chi connectivity index (χ1) is 13.5. The van der Waals surface area contributed by atoms with Gasteiger partial charge < -0.3 is 19.1 Å². The van der Waals surface area contributed by atoms with Gasteiger partial charge >= 0.3 is 13.6 Å². The molecule has 0 amide bonds. The van der Waals surface area contributed by atoms with E-state index in [2.05, 4.69) is 5.32 Å². The summed E-state index contributed by atoms with van der Waals surface area (Å²) in [5.41, 5.74) is 2.15. The van der Waals surface area contributed by atoms with Gasteiger partial charge in [0.15, 0.2) is 0 Å². The van der Waals surface area contributed by atoms with Crippen LogP contribution in [-0.4, -0.2) is 25.3 Å². The number of halogens is 1. The van der Waals surface area contributed by atoms with Crippen molar-refractivity contribution in [1.82, 2.24) is 5.32 Å². The summed E-state index contributed by atoms with van der Waals surface area (Å²) in [4.78, 5) is 12.7. The molecule has 1 aliphatic heterocycles. The van der Waals surface area contributed by atoms with Gasteiger partial charge in [0.05, 0.1) is 36.1 Å². The van der Waals surface area contributed by atoms with Crippen LogP contribution in [0.15, 0.2) is 46.5 Å². The van der Waals surface area contributed by atoms with Crippen LogP contribution in [0, 0.1) is 0 Å². The van der Waals surface area contributed by atoms with E-state index in [4.69, 9.17) is 25.4 Å². The van der Waals surface area contributed by atoms with E-state index in [1.807, 2.05) is 6.07 Å². The standard InChI is InChI=1S/C21H29ClNO5P/c1-12(2)27-29(25,28-13(3)4)20-15(6)23-14(5)18(21(24)26-7)19(20)16-10-8-9-11-17(16)22/h8-13,19,23H,1-7H3. The van der Waals surface area contributed by atoms with E-state index in [-0.39, 0.29) is 12.2 Å². The Morgan fingerprint density at radius 3 is 2.10 bits per heavy atom. The predicted octanol–water partition coefficient (Wildman–Crippen LogP) is 5.75. The van der Waals surface area contributed by atoms with Gasteiger partial charge in [-0.05, 0) is 53.2 Å². The SMILES string of the molecule is COC(=O)C1=C(C)NC(C)=C(P(=O)(OC(C)C)OC(C)C)C1c1ccccc1Cl. The van der Waals surface area contributed by atoms with Crippen LogP contribution in [0.1, 0.15) is 53.0 Å². The number of methoxy groups -OCH3 is 1. The molecule has 0 aromatic heterocycles.